The summed E-state index contributed by atoms with van der Waals surface area (Å²) in [7, 11) is 4.76. The first kappa shape index (κ1) is 22.8. The predicted molar refractivity (Wildman–Crippen MR) is 124 cm³/mol. The molecule has 1 N–H and O–H groups in total. The van der Waals surface area contributed by atoms with Gasteiger partial charge in [-0.3, -0.25) is 4.79 Å². The number of nitrogens with one attached hydrogen (secondary N) is 1. The van der Waals surface area contributed by atoms with Crippen LogP contribution in [0, 0.1) is 4.91 Å². The molecule has 0 heterocycles. The van der Waals surface area contributed by atoms with E-state index in [9.17, 15) is 9.70 Å². The van der Waals surface area contributed by atoms with Crippen molar-refractivity contribution in [3.05, 3.63) is 76.7 Å². The molecular formula is C25H26N2O5. The van der Waals surface area contributed by atoms with E-state index in [0.717, 1.165) is 28.0 Å². The van der Waals surface area contributed by atoms with Crippen molar-refractivity contribution in [2.24, 2.45) is 5.18 Å². The quantitative estimate of drug-likeness (QED) is 0.468. The highest BCUT2D eigenvalue weighted by Gasteiger charge is 2.10. The number of ether oxygens (including phenoxy) is 3. The molecule has 1 amide bonds. The number of carbonyl (C=O) groups is 1. The molecule has 0 aromatic heterocycles. The number of methoxy groups -OCH3 is 3. The molecule has 0 fully saturated rings. The van der Waals surface area contributed by atoms with Crippen molar-refractivity contribution in [3.63, 3.8) is 0 Å². The molecule has 3 aromatic rings. The van der Waals surface area contributed by atoms with Gasteiger partial charge in [0, 0.05) is 12.1 Å². The van der Waals surface area contributed by atoms with Crippen LogP contribution >= 0.6 is 0 Å². The summed E-state index contributed by atoms with van der Waals surface area (Å²) in [4.78, 5) is 22.9. The minimum Gasteiger partial charge on any atom is -0.496 e. The van der Waals surface area contributed by atoms with Gasteiger partial charge in [0.15, 0.2) is 11.5 Å². The Labute approximate surface area is 187 Å². The molecule has 7 heteroatoms. The number of rotatable bonds is 10. The van der Waals surface area contributed by atoms with Crippen LogP contribution in [0.5, 0.6) is 17.2 Å². The summed E-state index contributed by atoms with van der Waals surface area (Å²) in [5, 5.41) is 5.88. The van der Waals surface area contributed by atoms with Gasteiger partial charge in [0.25, 0.3) is 0 Å². The second-order valence-corrected chi connectivity index (χ2v) is 7.14. The third-order valence-electron chi connectivity index (χ3n) is 5.10. The largest absolute Gasteiger partial charge is 0.496 e. The van der Waals surface area contributed by atoms with Gasteiger partial charge in [-0.2, -0.15) is 0 Å². The Morgan fingerprint density at radius 3 is 2.12 bits per heavy atom. The minimum absolute atomic E-state index is 0.0651. The molecule has 0 saturated heterocycles. The van der Waals surface area contributed by atoms with E-state index >= 15 is 0 Å². The van der Waals surface area contributed by atoms with Crippen LogP contribution in [-0.2, 0) is 17.6 Å². The monoisotopic (exact) mass is 434 g/mol. The summed E-state index contributed by atoms with van der Waals surface area (Å²) in [6, 6.07) is 18.4. The van der Waals surface area contributed by atoms with Crippen molar-refractivity contribution in [2.75, 3.05) is 27.9 Å². The highest BCUT2D eigenvalue weighted by molar-refractivity contribution is 5.79. The molecule has 32 heavy (non-hydrogen) atoms. The number of nitrogens with zero attached hydrogens (tertiary/aromatic N) is 1. The van der Waals surface area contributed by atoms with Gasteiger partial charge < -0.3 is 19.5 Å². The van der Waals surface area contributed by atoms with Crippen LogP contribution in [0.4, 0.5) is 5.69 Å². The van der Waals surface area contributed by atoms with Crippen molar-refractivity contribution in [1.29, 1.82) is 0 Å². The Balaban J connectivity index is 1.58. The van der Waals surface area contributed by atoms with E-state index in [-0.39, 0.29) is 12.3 Å². The zero-order valence-corrected chi connectivity index (χ0v) is 18.4. The third-order valence-corrected chi connectivity index (χ3v) is 5.10. The maximum Gasteiger partial charge on any atom is 0.224 e. The molecule has 0 spiro atoms. The molecule has 0 saturated carbocycles. The average Bonchev–Trinajstić information content (AvgIpc) is 2.83. The first-order valence-corrected chi connectivity index (χ1v) is 10.2. The van der Waals surface area contributed by atoms with Gasteiger partial charge in [-0.25, -0.2) is 0 Å². The molecule has 0 aliphatic rings. The Morgan fingerprint density at radius 2 is 1.47 bits per heavy atom. The molecule has 3 aromatic carbocycles. The van der Waals surface area contributed by atoms with Crippen LogP contribution in [0.15, 0.2) is 65.8 Å². The summed E-state index contributed by atoms with van der Waals surface area (Å²) in [6.07, 6.45) is 0.927. The second kappa shape index (κ2) is 10.9. The summed E-state index contributed by atoms with van der Waals surface area (Å²) in [6.45, 7) is 0.508. The first-order chi connectivity index (χ1) is 15.6. The lowest BCUT2D eigenvalue weighted by atomic mass is 10.0. The number of benzene rings is 3. The number of nitroso groups, excluding NO2 is 1. The summed E-state index contributed by atoms with van der Waals surface area (Å²) in [5.74, 6) is 1.89. The average molecular weight is 434 g/mol. The van der Waals surface area contributed by atoms with E-state index < -0.39 is 0 Å². The number of carbonyl (C=O) groups excluding carboxylic acids is 1. The SMILES string of the molecule is COc1ccc(CC(=O)NCCc2ccc(-c3ccc(N=O)cc3)c(OC)c2)cc1OC. The molecule has 0 aliphatic heterocycles. The maximum atomic E-state index is 12.3. The Hall–Kier alpha value is -3.87. The molecule has 0 bridgehead atoms. The van der Waals surface area contributed by atoms with Crippen LogP contribution in [-0.4, -0.2) is 33.8 Å². The Morgan fingerprint density at radius 1 is 0.812 bits per heavy atom. The molecule has 166 valence electrons. The van der Waals surface area contributed by atoms with Crippen molar-refractivity contribution in [1.82, 2.24) is 5.32 Å². The molecule has 0 aliphatic carbocycles. The van der Waals surface area contributed by atoms with E-state index in [1.807, 2.05) is 36.4 Å². The lowest BCUT2D eigenvalue weighted by Gasteiger charge is -2.12. The lowest BCUT2D eigenvalue weighted by molar-refractivity contribution is -0.120. The fourth-order valence-corrected chi connectivity index (χ4v) is 3.42. The number of hydrogen-bond donors (Lipinski definition) is 1. The summed E-state index contributed by atoms with van der Waals surface area (Å²) >= 11 is 0. The van der Waals surface area contributed by atoms with Crippen molar-refractivity contribution in [2.45, 2.75) is 12.8 Å². The topological polar surface area (TPSA) is 86.2 Å². The smallest absolute Gasteiger partial charge is 0.224 e. The normalized spacial score (nSPS) is 10.3. The molecule has 0 atom stereocenters. The number of hydrogen-bond acceptors (Lipinski definition) is 6. The van der Waals surface area contributed by atoms with Gasteiger partial charge in [-0.1, -0.05) is 30.3 Å². The number of amides is 1. The van der Waals surface area contributed by atoms with Crippen LogP contribution in [0.3, 0.4) is 0 Å². The van der Waals surface area contributed by atoms with Crippen LogP contribution in [0.2, 0.25) is 0 Å². The highest BCUT2D eigenvalue weighted by Crippen LogP contribution is 2.32. The van der Waals surface area contributed by atoms with Gasteiger partial charge in [0.05, 0.1) is 27.8 Å². The molecule has 0 radical (unpaired) electrons. The minimum atomic E-state index is -0.0651. The van der Waals surface area contributed by atoms with E-state index in [2.05, 4.69) is 10.5 Å². The molecule has 3 rings (SSSR count). The summed E-state index contributed by atoms with van der Waals surface area (Å²) in [5.41, 5.74) is 4.13. The van der Waals surface area contributed by atoms with E-state index in [1.165, 1.54) is 0 Å². The van der Waals surface area contributed by atoms with Crippen LogP contribution in [0.25, 0.3) is 11.1 Å². The van der Waals surface area contributed by atoms with Gasteiger partial charge >= 0.3 is 0 Å². The van der Waals surface area contributed by atoms with Crippen LogP contribution in [0.1, 0.15) is 11.1 Å². The zero-order chi connectivity index (χ0) is 22.9. The van der Waals surface area contributed by atoms with Gasteiger partial charge in [-0.15, -0.1) is 4.91 Å². The van der Waals surface area contributed by atoms with E-state index in [0.29, 0.717) is 30.2 Å². The fourth-order valence-electron chi connectivity index (χ4n) is 3.42. The van der Waals surface area contributed by atoms with Crippen molar-refractivity contribution in [3.8, 4) is 28.4 Å². The molecule has 7 nitrogen and oxygen atoms in total. The first-order valence-electron chi connectivity index (χ1n) is 10.2. The van der Waals surface area contributed by atoms with Gasteiger partial charge in [0.2, 0.25) is 5.91 Å². The Bertz CT molecular complexity index is 1080. The zero-order valence-electron chi connectivity index (χ0n) is 18.4. The van der Waals surface area contributed by atoms with Gasteiger partial charge in [-0.05, 0) is 58.6 Å². The molecular weight excluding hydrogens is 408 g/mol. The standard InChI is InChI=1S/C25H26N2O5/c1-30-22-11-5-18(15-24(22)32-3)16-25(28)26-13-12-17-4-10-21(23(14-17)31-2)19-6-8-20(27-29)9-7-19/h4-11,14-15H,12-13,16H2,1-3H3,(H,26,28). The summed E-state index contributed by atoms with van der Waals surface area (Å²) < 4.78 is 16.1. The fraction of sp³-hybridized carbons (Fsp3) is 0.240. The van der Waals surface area contributed by atoms with E-state index in [1.54, 1.807) is 45.6 Å². The van der Waals surface area contributed by atoms with Crippen LogP contribution < -0.4 is 19.5 Å². The van der Waals surface area contributed by atoms with E-state index in [4.69, 9.17) is 14.2 Å². The predicted octanol–water partition coefficient (Wildman–Crippen LogP) is 4.68. The highest BCUT2D eigenvalue weighted by atomic mass is 16.5. The molecule has 0 unspecified atom stereocenters. The second-order valence-electron chi connectivity index (χ2n) is 7.14. The third kappa shape index (κ3) is 5.63. The van der Waals surface area contributed by atoms with Crippen molar-refractivity contribution < 1.29 is 19.0 Å². The van der Waals surface area contributed by atoms with Crippen molar-refractivity contribution >= 4 is 11.6 Å². The maximum absolute atomic E-state index is 12.3. The Kier molecular flexibility index (Phi) is 7.80. The lowest BCUT2D eigenvalue weighted by Crippen LogP contribution is -2.27. The van der Waals surface area contributed by atoms with Gasteiger partial charge in [0.1, 0.15) is 11.4 Å².